The molecule has 1 aliphatic rings. The minimum Gasteiger partial charge on any atom is -0.352 e. The molecule has 1 amide bonds. The number of nitrogens with one attached hydrogen (secondary N) is 1. The van der Waals surface area contributed by atoms with E-state index in [-0.39, 0.29) is 5.91 Å². The van der Waals surface area contributed by atoms with Crippen LogP contribution in [0.15, 0.2) is 54.1 Å². The molecule has 1 heterocycles. The monoisotopic (exact) mass is 374 g/mol. The van der Waals surface area contributed by atoms with Crippen LogP contribution in [0.4, 0.5) is 0 Å². The number of carbonyl (C=O) groups is 1. The molecule has 1 aliphatic carbocycles. The molecule has 0 fully saturated rings. The van der Waals surface area contributed by atoms with E-state index in [1.165, 1.54) is 42.4 Å². The number of aromatic nitrogens is 3. The molecule has 28 heavy (non-hydrogen) atoms. The molecule has 0 aliphatic heterocycles. The molecule has 0 radical (unpaired) electrons. The second kappa shape index (κ2) is 8.38. The first-order chi connectivity index (χ1) is 13.7. The molecule has 1 N–H and O–H groups in total. The van der Waals surface area contributed by atoms with Crippen molar-refractivity contribution in [3.63, 3.8) is 0 Å². The van der Waals surface area contributed by atoms with Crippen LogP contribution < -0.4 is 5.32 Å². The Morgan fingerprint density at radius 3 is 2.79 bits per heavy atom. The molecule has 0 atom stereocenters. The Hall–Kier alpha value is -2.95. The largest absolute Gasteiger partial charge is 0.352 e. The number of carbonyl (C=O) groups excluding carboxylic acids is 1. The molecule has 0 spiro atoms. The predicted molar refractivity (Wildman–Crippen MR) is 111 cm³/mol. The van der Waals surface area contributed by atoms with E-state index in [1.807, 2.05) is 22.9 Å². The fourth-order valence-corrected chi connectivity index (χ4v) is 3.67. The van der Waals surface area contributed by atoms with E-state index in [0.29, 0.717) is 18.7 Å². The molecule has 0 saturated carbocycles. The lowest BCUT2D eigenvalue weighted by Gasteiger charge is -2.13. The summed E-state index contributed by atoms with van der Waals surface area (Å²) in [5, 5.41) is 11.5. The smallest absolute Gasteiger partial charge is 0.251 e. The highest BCUT2D eigenvalue weighted by Gasteiger charge is 2.11. The van der Waals surface area contributed by atoms with Gasteiger partial charge < -0.3 is 5.32 Å². The third kappa shape index (κ3) is 4.30. The Labute approximate surface area is 165 Å². The number of hydrogen-bond acceptors (Lipinski definition) is 3. The molecular formula is C23H26N4O. The van der Waals surface area contributed by atoms with Gasteiger partial charge in [0.25, 0.3) is 5.91 Å². The minimum absolute atomic E-state index is 0.0496. The number of amides is 1. The first-order valence-corrected chi connectivity index (χ1v) is 10.0. The standard InChI is InChI=1S/C23H26N4O/c1-17-7-9-19(10-8-17)16-27-22-12-11-20(15-21(22)25-26-27)23(28)24-14-13-18-5-3-2-4-6-18/h5,7-12,15H,2-4,6,13-14,16H2,1H3,(H,24,28). The van der Waals surface area contributed by atoms with Crippen molar-refractivity contribution >= 4 is 16.9 Å². The molecule has 3 aromatic rings. The molecular weight excluding hydrogens is 348 g/mol. The van der Waals surface area contributed by atoms with Crippen LogP contribution in [0.3, 0.4) is 0 Å². The zero-order valence-electron chi connectivity index (χ0n) is 16.3. The van der Waals surface area contributed by atoms with Crippen molar-refractivity contribution in [1.29, 1.82) is 0 Å². The number of nitrogens with zero attached hydrogens (tertiary/aromatic N) is 3. The summed E-state index contributed by atoms with van der Waals surface area (Å²) in [5.41, 5.74) is 6.20. The summed E-state index contributed by atoms with van der Waals surface area (Å²) in [6.45, 7) is 3.42. The highest BCUT2D eigenvalue weighted by molar-refractivity contribution is 5.97. The summed E-state index contributed by atoms with van der Waals surface area (Å²) < 4.78 is 1.87. The maximum absolute atomic E-state index is 12.5. The van der Waals surface area contributed by atoms with E-state index in [2.05, 4.69) is 52.9 Å². The SMILES string of the molecule is Cc1ccc(Cn2nnc3cc(C(=O)NCCC4=CCCCC4)ccc32)cc1. The lowest BCUT2D eigenvalue weighted by molar-refractivity contribution is 0.0954. The average Bonchev–Trinajstić information content (AvgIpc) is 3.12. The van der Waals surface area contributed by atoms with Gasteiger partial charge >= 0.3 is 0 Å². The van der Waals surface area contributed by atoms with E-state index in [9.17, 15) is 4.79 Å². The summed E-state index contributed by atoms with van der Waals surface area (Å²) in [6, 6.07) is 14.0. The highest BCUT2D eigenvalue weighted by atomic mass is 16.1. The number of aryl methyl sites for hydroxylation is 1. The van der Waals surface area contributed by atoms with Gasteiger partial charge in [0.1, 0.15) is 5.52 Å². The fraction of sp³-hybridized carbons (Fsp3) is 0.348. The maximum atomic E-state index is 12.5. The van der Waals surface area contributed by atoms with Crippen LogP contribution in [0.2, 0.25) is 0 Å². The first kappa shape index (κ1) is 18.4. The molecule has 4 rings (SSSR count). The summed E-state index contributed by atoms with van der Waals surface area (Å²) in [4.78, 5) is 12.5. The molecule has 0 bridgehead atoms. The lowest BCUT2D eigenvalue weighted by atomic mass is 9.97. The molecule has 1 aromatic heterocycles. The van der Waals surface area contributed by atoms with Crippen molar-refractivity contribution in [2.75, 3.05) is 6.54 Å². The van der Waals surface area contributed by atoms with Gasteiger partial charge in [0, 0.05) is 12.1 Å². The second-order valence-corrected chi connectivity index (χ2v) is 7.55. The normalized spacial score (nSPS) is 14.1. The van der Waals surface area contributed by atoms with Gasteiger partial charge in [-0.3, -0.25) is 4.79 Å². The topological polar surface area (TPSA) is 59.8 Å². The van der Waals surface area contributed by atoms with Crippen LogP contribution in [-0.2, 0) is 6.54 Å². The Bertz CT molecular complexity index is 1000. The second-order valence-electron chi connectivity index (χ2n) is 7.55. The van der Waals surface area contributed by atoms with Gasteiger partial charge in [-0.05, 0) is 62.8 Å². The number of hydrogen-bond donors (Lipinski definition) is 1. The lowest BCUT2D eigenvalue weighted by Crippen LogP contribution is -2.24. The van der Waals surface area contributed by atoms with Crippen molar-refractivity contribution in [2.45, 2.75) is 45.6 Å². The van der Waals surface area contributed by atoms with Crippen LogP contribution in [0.5, 0.6) is 0 Å². The van der Waals surface area contributed by atoms with Gasteiger partial charge in [-0.25, -0.2) is 4.68 Å². The average molecular weight is 374 g/mol. The van der Waals surface area contributed by atoms with Gasteiger partial charge in [0.15, 0.2) is 0 Å². The van der Waals surface area contributed by atoms with Crippen molar-refractivity contribution < 1.29 is 4.79 Å². The Kier molecular flexibility index (Phi) is 5.51. The van der Waals surface area contributed by atoms with Gasteiger partial charge in [-0.2, -0.15) is 0 Å². The van der Waals surface area contributed by atoms with Crippen molar-refractivity contribution in [2.24, 2.45) is 0 Å². The van der Waals surface area contributed by atoms with Crippen LogP contribution >= 0.6 is 0 Å². The van der Waals surface area contributed by atoms with Crippen LogP contribution in [0.1, 0.15) is 53.6 Å². The van der Waals surface area contributed by atoms with Crippen molar-refractivity contribution in [3.05, 3.63) is 70.8 Å². The zero-order valence-corrected chi connectivity index (χ0v) is 16.3. The fourth-order valence-electron chi connectivity index (χ4n) is 3.67. The zero-order chi connectivity index (χ0) is 19.3. The minimum atomic E-state index is -0.0496. The van der Waals surface area contributed by atoms with Gasteiger partial charge in [-0.1, -0.05) is 46.7 Å². The van der Waals surface area contributed by atoms with E-state index < -0.39 is 0 Å². The number of rotatable bonds is 6. The Balaban J connectivity index is 1.41. The summed E-state index contributed by atoms with van der Waals surface area (Å²) in [5.74, 6) is -0.0496. The molecule has 5 heteroatoms. The summed E-state index contributed by atoms with van der Waals surface area (Å²) in [7, 11) is 0. The van der Waals surface area contributed by atoms with E-state index in [1.54, 1.807) is 0 Å². The number of allylic oxidation sites excluding steroid dienone is 1. The number of fused-ring (bicyclic) bond motifs is 1. The molecule has 144 valence electrons. The van der Waals surface area contributed by atoms with Gasteiger partial charge in [0.2, 0.25) is 0 Å². The van der Waals surface area contributed by atoms with Gasteiger partial charge in [-0.15, -0.1) is 5.10 Å². The third-order valence-electron chi connectivity index (χ3n) is 5.35. The van der Waals surface area contributed by atoms with E-state index >= 15 is 0 Å². The molecule has 0 unspecified atom stereocenters. The number of benzene rings is 2. The van der Waals surface area contributed by atoms with E-state index in [0.717, 1.165) is 17.5 Å². The molecule has 2 aromatic carbocycles. The van der Waals surface area contributed by atoms with Crippen molar-refractivity contribution in [3.8, 4) is 0 Å². The predicted octanol–water partition coefficient (Wildman–Crippen LogP) is 4.41. The highest BCUT2D eigenvalue weighted by Crippen LogP contribution is 2.20. The molecule has 5 nitrogen and oxygen atoms in total. The summed E-state index contributed by atoms with van der Waals surface area (Å²) in [6.07, 6.45) is 8.19. The Morgan fingerprint density at radius 2 is 2.00 bits per heavy atom. The van der Waals surface area contributed by atoms with E-state index in [4.69, 9.17) is 0 Å². The van der Waals surface area contributed by atoms with Crippen LogP contribution in [0, 0.1) is 6.92 Å². The quantitative estimate of drug-likeness (QED) is 0.650. The van der Waals surface area contributed by atoms with Crippen LogP contribution in [0.25, 0.3) is 11.0 Å². The Morgan fingerprint density at radius 1 is 1.14 bits per heavy atom. The van der Waals surface area contributed by atoms with Crippen molar-refractivity contribution in [1.82, 2.24) is 20.3 Å². The van der Waals surface area contributed by atoms with Crippen LogP contribution in [-0.4, -0.2) is 27.4 Å². The third-order valence-corrected chi connectivity index (χ3v) is 5.35. The summed E-state index contributed by atoms with van der Waals surface area (Å²) >= 11 is 0. The van der Waals surface area contributed by atoms with Gasteiger partial charge in [0.05, 0.1) is 12.1 Å². The first-order valence-electron chi connectivity index (χ1n) is 10.0. The maximum Gasteiger partial charge on any atom is 0.251 e. The molecule has 0 saturated heterocycles.